The second-order valence-electron chi connectivity index (χ2n) is 5.71. The molecule has 0 spiro atoms. The SMILES string of the molecule is Cc1nc(CN[C@H](C)c2cccc(N3CCOC3=O)c2)sc1C. The molecular weight excluding hydrogens is 310 g/mol. The largest absolute Gasteiger partial charge is 0.447 e. The van der Waals surface area contributed by atoms with Gasteiger partial charge in [0.25, 0.3) is 0 Å². The van der Waals surface area contributed by atoms with E-state index in [2.05, 4.69) is 30.2 Å². The summed E-state index contributed by atoms with van der Waals surface area (Å²) in [5.74, 6) is 0. The summed E-state index contributed by atoms with van der Waals surface area (Å²) in [5.41, 5.74) is 3.14. The molecule has 1 fully saturated rings. The lowest BCUT2D eigenvalue weighted by Crippen LogP contribution is -2.24. The molecule has 3 rings (SSSR count). The number of nitrogens with zero attached hydrogens (tertiary/aromatic N) is 2. The van der Waals surface area contributed by atoms with E-state index in [4.69, 9.17) is 4.74 Å². The molecule has 0 bridgehead atoms. The van der Waals surface area contributed by atoms with E-state index >= 15 is 0 Å². The van der Waals surface area contributed by atoms with E-state index in [1.165, 1.54) is 4.88 Å². The van der Waals surface area contributed by atoms with Gasteiger partial charge in [0.2, 0.25) is 0 Å². The van der Waals surface area contributed by atoms with E-state index in [0.29, 0.717) is 13.2 Å². The first-order valence-electron chi connectivity index (χ1n) is 7.75. The smallest absolute Gasteiger partial charge is 0.414 e. The molecule has 6 heteroatoms. The molecule has 1 aromatic heterocycles. The molecule has 1 atom stereocenters. The van der Waals surface area contributed by atoms with Gasteiger partial charge in [-0.3, -0.25) is 4.90 Å². The van der Waals surface area contributed by atoms with Crippen LogP contribution in [0.5, 0.6) is 0 Å². The molecule has 5 nitrogen and oxygen atoms in total. The second kappa shape index (κ2) is 6.68. The third-order valence-corrected chi connectivity index (χ3v) is 5.15. The van der Waals surface area contributed by atoms with Gasteiger partial charge in [-0.15, -0.1) is 11.3 Å². The lowest BCUT2D eigenvalue weighted by molar-refractivity contribution is 0.181. The van der Waals surface area contributed by atoms with Crippen LogP contribution >= 0.6 is 11.3 Å². The minimum Gasteiger partial charge on any atom is -0.447 e. The van der Waals surface area contributed by atoms with Crippen molar-refractivity contribution in [2.24, 2.45) is 0 Å². The van der Waals surface area contributed by atoms with Gasteiger partial charge in [0.05, 0.1) is 12.2 Å². The van der Waals surface area contributed by atoms with E-state index in [1.807, 2.05) is 25.1 Å². The van der Waals surface area contributed by atoms with E-state index in [9.17, 15) is 4.79 Å². The van der Waals surface area contributed by atoms with Gasteiger partial charge in [0, 0.05) is 23.2 Å². The standard InChI is InChI=1S/C17H21N3O2S/c1-11-13(3)23-16(19-11)10-18-12(2)14-5-4-6-15(9-14)20-7-8-22-17(20)21/h4-6,9,12,18H,7-8,10H2,1-3H3/t12-/m1/s1. The summed E-state index contributed by atoms with van der Waals surface area (Å²) in [6.45, 7) is 8.07. The number of hydrogen-bond acceptors (Lipinski definition) is 5. The minimum atomic E-state index is -0.267. The van der Waals surface area contributed by atoms with Crippen LogP contribution in [0.2, 0.25) is 0 Å². The third-order valence-electron chi connectivity index (χ3n) is 4.07. The molecule has 0 aliphatic carbocycles. The van der Waals surface area contributed by atoms with Crippen LogP contribution in [0.25, 0.3) is 0 Å². The zero-order valence-electron chi connectivity index (χ0n) is 13.6. The van der Waals surface area contributed by atoms with Crippen molar-refractivity contribution in [1.82, 2.24) is 10.3 Å². The Morgan fingerprint density at radius 2 is 2.26 bits per heavy atom. The van der Waals surface area contributed by atoms with Gasteiger partial charge in [-0.2, -0.15) is 0 Å². The number of cyclic esters (lactones) is 1. The summed E-state index contributed by atoms with van der Waals surface area (Å²) < 4.78 is 5.00. The van der Waals surface area contributed by atoms with E-state index in [-0.39, 0.29) is 12.1 Å². The van der Waals surface area contributed by atoms with E-state index in [1.54, 1.807) is 16.2 Å². The average Bonchev–Trinajstić information content (AvgIpc) is 3.11. The minimum absolute atomic E-state index is 0.179. The van der Waals surface area contributed by atoms with Crippen LogP contribution in [0, 0.1) is 13.8 Å². The van der Waals surface area contributed by atoms with Crippen LogP contribution in [0.15, 0.2) is 24.3 Å². The first-order valence-corrected chi connectivity index (χ1v) is 8.57. The predicted molar refractivity (Wildman–Crippen MR) is 92.0 cm³/mol. The highest BCUT2D eigenvalue weighted by molar-refractivity contribution is 7.11. The van der Waals surface area contributed by atoms with Crippen LogP contribution < -0.4 is 10.2 Å². The fourth-order valence-corrected chi connectivity index (χ4v) is 3.45. The molecule has 122 valence electrons. The molecule has 1 saturated heterocycles. The number of anilines is 1. The van der Waals surface area contributed by atoms with Gasteiger partial charge in [-0.05, 0) is 38.5 Å². The van der Waals surface area contributed by atoms with Gasteiger partial charge in [-0.1, -0.05) is 12.1 Å². The molecule has 1 N–H and O–H groups in total. The Labute approximate surface area is 140 Å². The van der Waals surface area contributed by atoms with Gasteiger partial charge < -0.3 is 10.1 Å². The number of carbonyl (C=O) groups is 1. The number of benzene rings is 1. The fraction of sp³-hybridized carbons (Fsp3) is 0.412. The van der Waals surface area contributed by atoms with Crippen molar-refractivity contribution in [3.05, 3.63) is 45.4 Å². The normalized spacial score (nSPS) is 15.8. The van der Waals surface area contributed by atoms with Crippen LogP contribution in [-0.2, 0) is 11.3 Å². The molecule has 0 radical (unpaired) electrons. The number of nitrogens with one attached hydrogen (secondary N) is 1. The zero-order valence-corrected chi connectivity index (χ0v) is 14.4. The Morgan fingerprint density at radius 3 is 2.91 bits per heavy atom. The lowest BCUT2D eigenvalue weighted by atomic mass is 10.1. The van der Waals surface area contributed by atoms with Crippen LogP contribution in [0.1, 0.15) is 34.1 Å². The zero-order chi connectivity index (χ0) is 16.4. The van der Waals surface area contributed by atoms with Gasteiger partial charge in [0.1, 0.15) is 11.6 Å². The number of carbonyl (C=O) groups excluding carboxylic acids is 1. The van der Waals surface area contributed by atoms with Crippen molar-refractivity contribution < 1.29 is 9.53 Å². The highest BCUT2D eigenvalue weighted by atomic mass is 32.1. The quantitative estimate of drug-likeness (QED) is 0.910. The highest BCUT2D eigenvalue weighted by Crippen LogP contribution is 2.24. The number of ether oxygens (including phenoxy) is 1. The Hall–Kier alpha value is -1.92. The van der Waals surface area contributed by atoms with Crippen molar-refractivity contribution >= 4 is 23.1 Å². The Kier molecular flexibility index (Phi) is 4.63. The van der Waals surface area contributed by atoms with Crippen molar-refractivity contribution in [3.63, 3.8) is 0 Å². The van der Waals surface area contributed by atoms with Crippen LogP contribution in [0.3, 0.4) is 0 Å². The molecule has 2 aromatic rings. The number of hydrogen-bond donors (Lipinski definition) is 1. The molecule has 0 unspecified atom stereocenters. The average molecular weight is 331 g/mol. The Bertz CT molecular complexity index is 694. The third kappa shape index (κ3) is 3.54. The summed E-state index contributed by atoms with van der Waals surface area (Å²) in [7, 11) is 0. The van der Waals surface area contributed by atoms with Gasteiger partial charge >= 0.3 is 6.09 Å². The molecule has 1 aliphatic heterocycles. The molecule has 0 saturated carbocycles. The topological polar surface area (TPSA) is 54.5 Å². The maximum atomic E-state index is 11.7. The predicted octanol–water partition coefficient (Wildman–Crippen LogP) is 3.57. The first kappa shape index (κ1) is 16.0. The van der Waals surface area contributed by atoms with Crippen molar-refractivity contribution in [3.8, 4) is 0 Å². The van der Waals surface area contributed by atoms with Crippen molar-refractivity contribution in [2.45, 2.75) is 33.4 Å². The number of amides is 1. The summed E-state index contributed by atoms with van der Waals surface area (Å²) in [6, 6.07) is 8.21. The summed E-state index contributed by atoms with van der Waals surface area (Å²) in [5, 5.41) is 4.60. The molecule has 1 aromatic carbocycles. The number of aromatic nitrogens is 1. The molecule has 1 amide bonds. The Morgan fingerprint density at radius 1 is 1.43 bits per heavy atom. The van der Waals surface area contributed by atoms with Crippen molar-refractivity contribution in [1.29, 1.82) is 0 Å². The highest BCUT2D eigenvalue weighted by Gasteiger charge is 2.23. The van der Waals surface area contributed by atoms with Gasteiger partial charge in [-0.25, -0.2) is 9.78 Å². The lowest BCUT2D eigenvalue weighted by Gasteiger charge is -2.17. The van der Waals surface area contributed by atoms with Crippen molar-refractivity contribution in [2.75, 3.05) is 18.1 Å². The van der Waals surface area contributed by atoms with Crippen LogP contribution in [0.4, 0.5) is 10.5 Å². The molecule has 2 heterocycles. The Balaban J connectivity index is 1.67. The maximum absolute atomic E-state index is 11.7. The molecule has 23 heavy (non-hydrogen) atoms. The number of aryl methyl sites for hydroxylation is 2. The maximum Gasteiger partial charge on any atom is 0.414 e. The molecule has 1 aliphatic rings. The van der Waals surface area contributed by atoms with Crippen LogP contribution in [-0.4, -0.2) is 24.2 Å². The summed E-state index contributed by atoms with van der Waals surface area (Å²) in [4.78, 5) is 19.2. The van der Waals surface area contributed by atoms with Gasteiger partial charge in [0.15, 0.2) is 0 Å². The first-order chi connectivity index (χ1) is 11.0. The second-order valence-corrected chi connectivity index (χ2v) is 7.00. The fourth-order valence-electron chi connectivity index (χ4n) is 2.56. The summed E-state index contributed by atoms with van der Waals surface area (Å²) in [6.07, 6.45) is -0.267. The number of rotatable bonds is 5. The molecular formula is C17H21N3O2S. The number of thiazole rings is 1. The summed E-state index contributed by atoms with van der Waals surface area (Å²) >= 11 is 1.73. The monoisotopic (exact) mass is 331 g/mol. The van der Waals surface area contributed by atoms with E-state index < -0.39 is 0 Å². The van der Waals surface area contributed by atoms with E-state index in [0.717, 1.165) is 28.5 Å².